The van der Waals surface area contributed by atoms with Crippen LogP contribution in [0, 0.1) is 5.41 Å². The first kappa shape index (κ1) is 13.1. The molecule has 1 aliphatic rings. The maximum absolute atomic E-state index is 12.0. The summed E-state index contributed by atoms with van der Waals surface area (Å²) in [5.74, 6) is 0.504. The van der Waals surface area contributed by atoms with Crippen LogP contribution in [0.25, 0.3) is 0 Å². The maximum Gasteiger partial charge on any atom is 0.293 e. The molecular formula is C14H23N3O. The van der Waals surface area contributed by atoms with Crippen LogP contribution in [0.3, 0.4) is 0 Å². The van der Waals surface area contributed by atoms with Gasteiger partial charge < -0.3 is 9.88 Å². The molecule has 4 nitrogen and oxygen atoms in total. The van der Waals surface area contributed by atoms with Gasteiger partial charge in [0.25, 0.3) is 5.56 Å². The van der Waals surface area contributed by atoms with Crippen LogP contribution in [-0.2, 0) is 6.54 Å². The van der Waals surface area contributed by atoms with E-state index in [9.17, 15) is 4.79 Å². The third-order valence-corrected chi connectivity index (χ3v) is 3.93. The Morgan fingerprint density at radius 3 is 2.72 bits per heavy atom. The molecule has 1 aliphatic carbocycles. The SMILES string of the molecule is CCn1ccnc(NC2CCC(C)(C)CC2)c1=O. The molecule has 1 saturated carbocycles. The maximum atomic E-state index is 12.0. The van der Waals surface area contributed by atoms with Gasteiger partial charge in [0.05, 0.1) is 0 Å². The van der Waals surface area contributed by atoms with Gasteiger partial charge in [-0.05, 0) is 38.0 Å². The van der Waals surface area contributed by atoms with Gasteiger partial charge in [0, 0.05) is 25.0 Å². The predicted molar refractivity (Wildman–Crippen MR) is 73.8 cm³/mol. The number of anilines is 1. The van der Waals surface area contributed by atoms with Crippen molar-refractivity contribution in [2.75, 3.05) is 5.32 Å². The molecule has 1 aromatic rings. The number of rotatable bonds is 3. The molecule has 0 bridgehead atoms. The third kappa shape index (κ3) is 2.92. The van der Waals surface area contributed by atoms with E-state index in [1.54, 1.807) is 17.0 Å². The van der Waals surface area contributed by atoms with Gasteiger partial charge in [-0.25, -0.2) is 4.98 Å². The van der Waals surface area contributed by atoms with Crippen LogP contribution in [0.4, 0.5) is 5.82 Å². The van der Waals surface area contributed by atoms with Gasteiger partial charge in [-0.2, -0.15) is 0 Å². The Morgan fingerprint density at radius 2 is 2.11 bits per heavy atom. The number of aryl methyl sites for hydroxylation is 1. The predicted octanol–water partition coefficient (Wildman–Crippen LogP) is 2.64. The lowest BCUT2D eigenvalue weighted by Gasteiger charge is -2.34. The van der Waals surface area contributed by atoms with Gasteiger partial charge in [-0.1, -0.05) is 13.8 Å². The largest absolute Gasteiger partial charge is 0.363 e. The average Bonchev–Trinajstić information content (AvgIpc) is 2.34. The molecule has 1 fully saturated rings. The van der Waals surface area contributed by atoms with E-state index in [0.29, 0.717) is 23.8 Å². The quantitative estimate of drug-likeness (QED) is 0.895. The minimum Gasteiger partial charge on any atom is -0.363 e. The number of hydrogen-bond acceptors (Lipinski definition) is 3. The summed E-state index contributed by atoms with van der Waals surface area (Å²) in [5, 5.41) is 3.32. The number of hydrogen-bond donors (Lipinski definition) is 1. The number of nitrogens with one attached hydrogen (secondary N) is 1. The molecule has 2 rings (SSSR count). The topological polar surface area (TPSA) is 46.9 Å². The summed E-state index contributed by atoms with van der Waals surface area (Å²) in [7, 11) is 0. The van der Waals surface area contributed by atoms with Crippen molar-refractivity contribution in [3.05, 3.63) is 22.7 Å². The molecule has 18 heavy (non-hydrogen) atoms. The average molecular weight is 249 g/mol. The highest BCUT2D eigenvalue weighted by molar-refractivity contribution is 5.32. The zero-order valence-corrected chi connectivity index (χ0v) is 11.6. The Labute approximate surface area is 108 Å². The minimum absolute atomic E-state index is 0.00941. The fraction of sp³-hybridized carbons (Fsp3) is 0.714. The van der Waals surface area contributed by atoms with Crippen molar-refractivity contribution in [1.29, 1.82) is 0 Å². The Bertz CT molecular complexity index is 454. The van der Waals surface area contributed by atoms with Crippen molar-refractivity contribution in [2.45, 2.75) is 59.0 Å². The highest BCUT2D eigenvalue weighted by Crippen LogP contribution is 2.35. The molecular weight excluding hydrogens is 226 g/mol. The van der Waals surface area contributed by atoms with Crippen molar-refractivity contribution >= 4 is 5.82 Å². The molecule has 0 unspecified atom stereocenters. The monoisotopic (exact) mass is 249 g/mol. The van der Waals surface area contributed by atoms with Crippen molar-refractivity contribution in [3.63, 3.8) is 0 Å². The second-order valence-electron chi connectivity index (χ2n) is 5.95. The molecule has 1 aromatic heterocycles. The van der Waals surface area contributed by atoms with Crippen LogP contribution in [-0.4, -0.2) is 15.6 Å². The highest BCUT2D eigenvalue weighted by atomic mass is 16.1. The van der Waals surface area contributed by atoms with Gasteiger partial charge in [-0.3, -0.25) is 4.79 Å². The first-order valence-electron chi connectivity index (χ1n) is 6.84. The molecule has 0 aliphatic heterocycles. The molecule has 100 valence electrons. The second kappa shape index (κ2) is 5.12. The number of aromatic nitrogens is 2. The highest BCUT2D eigenvalue weighted by Gasteiger charge is 2.27. The van der Waals surface area contributed by atoms with Gasteiger partial charge in [0.1, 0.15) is 0 Å². The van der Waals surface area contributed by atoms with Crippen molar-refractivity contribution in [2.24, 2.45) is 5.41 Å². The lowest BCUT2D eigenvalue weighted by atomic mass is 9.75. The second-order valence-corrected chi connectivity index (χ2v) is 5.95. The zero-order chi connectivity index (χ0) is 13.2. The van der Waals surface area contributed by atoms with E-state index in [1.165, 1.54) is 12.8 Å². The molecule has 0 spiro atoms. The molecule has 0 aromatic carbocycles. The summed E-state index contributed by atoms with van der Waals surface area (Å²) >= 11 is 0. The summed E-state index contributed by atoms with van der Waals surface area (Å²) in [4.78, 5) is 16.2. The Balaban J connectivity index is 2.05. The summed E-state index contributed by atoms with van der Waals surface area (Å²) in [6.07, 6.45) is 8.08. The summed E-state index contributed by atoms with van der Waals surface area (Å²) < 4.78 is 1.68. The van der Waals surface area contributed by atoms with Crippen LogP contribution in [0.1, 0.15) is 46.5 Å². The zero-order valence-electron chi connectivity index (χ0n) is 11.6. The third-order valence-electron chi connectivity index (χ3n) is 3.93. The molecule has 0 saturated heterocycles. The van der Waals surface area contributed by atoms with Crippen LogP contribution < -0.4 is 10.9 Å². The van der Waals surface area contributed by atoms with Crippen molar-refractivity contribution < 1.29 is 0 Å². The fourth-order valence-electron chi connectivity index (χ4n) is 2.53. The van der Waals surface area contributed by atoms with Crippen LogP contribution >= 0.6 is 0 Å². The van der Waals surface area contributed by atoms with Crippen LogP contribution in [0.5, 0.6) is 0 Å². The summed E-state index contributed by atoms with van der Waals surface area (Å²) in [6, 6.07) is 0.394. The van der Waals surface area contributed by atoms with E-state index in [2.05, 4.69) is 24.1 Å². The fourth-order valence-corrected chi connectivity index (χ4v) is 2.53. The van der Waals surface area contributed by atoms with Crippen LogP contribution in [0.15, 0.2) is 17.2 Å². The standard InChI is InChI=1S/C14H23N3O/c1-4-17-10-9-15-12(13(17)18)16-11-5-7-14(2,3)8-6-11/h9-11H,4-8H2,1-3H3,(H,15,16). The molecule has 0 radical (unpaired) electrons. The lowest BCUT2D eigenvalue weighted by molar-refractivity contribution is 0.232. The van der Waals surface area contributed by atoms with Crippen molar-refractivity contribution in [1.82, 2.24) is 9.55 Å². The molecule has 1 heterocycles. The van der Waals surface area contributed by atoms with Gasteiger partial charge >= 0.3 is 0 Å². The van der Waals surface area contributed by atoms with Crippen molar-refractivity contribution in [3.8, 4) is 0 Å². The Kier molecular flexibility index (Phi) is 3.73. The molecule has 4 heteroatoms. The van der Waals surface area contributed by atoms with E-state index in [4.69, 9.17) is 0 Å². The first-order valence-corrected chi connectivity index (χ1v) is 6.84. The van der Waals surface area contributed by atoms with E-state index < -0.39 is 0 Å². The first-order chi connectivity index (χ1) is 8.52. The van der Waals surface area contributed by atoms with Crippen LogP contribution in [0.2, 0.25) is 0 Å². The van der Waals surface area contributed by atoms with E-state index in [-0.39, 0.29) is 5.56 Å². The van der Waals surface area contributed by atoms with E-state index in [0.717, 1.165) is 12.8 Å². The normalized spacial score (nSPS) is 19.7. The van der Waals surface area contributed by atoms with E-state index in [1.807, 2.05) is 6.92 Å². The van der Waals surface area contributed by atoms with Gasteiger partial charge in [0.15, 0.2) is 5.82 Å². The molecule has 0 atom stereocenters. The van der Waals surface area contributed by atoms with Gasteiger partial charge in [-0.15, -0.1) is 0 Å². The summed E-state index contributed by atoms with van der Waals surface area (Å²) in [5.41, 5.74) is 0.441. The Hall–Kier alpha value is -1.32. The minimum atomic E-state index is -0.00941. The number of nitrogens with zero attached hydrogens (tertiary/aromatic N) is 2. The molecule has 0 amide bonds. The Morgan fingerprint density at radius 1 is 1.44 bits per heavy atom. The molecule has 1 N–H and O–H groups in total. The summed E-state index contributed by atoms with van der Waals surface area (Å²) in [6.45, 7) is 7.28. The lowest BCUT2D eigenvalue weighted by Crippen LogP contribution is -2.33. The van der Waals surface area contributed by atoms with E-state index >= 15 is 0 Å². The van der Waals surface area contributed by atoms with Gasteiger partial charge in [0.2, 0.25) is 0 Å². The smallest absolute Gasteiger partial charge is 0.293 e.